The van der Waals surface area contributed by atoms with E-state index in [1.165, 1.54) is 23.8 Å². The van der Waals surface area contributed by atoms with Gasteiger partial charge in [0.1, 0.15) is 5.75 Å². The number of nitrogens with one attached hydrogen (secondary N) is 1. The second-order valence-electron chi connectivity index (χ2n) is 5.08. The van der Waals surface area contributed by atoms with Crippen LogP contribution >= 0.6 is 23.8 Å². The molecule has 0 bridgehead atoms. The first-order valence-electron chi connectivity index (χ1n) is 7.00. The topological polar surface area (TPSA) is 42.8 Å². The molecule has 25 heavy (non-hydrogen) atoms. The normalized spacial score (nSPS) is 11.6. The van der Waals surface area contributed by atoms with Crippen molar-refractivity contribution >= 4 is 23.8 Å². The van der Waals surface area contributed by atoms with E-state index in [0.29, 0.717) is 22.2 Å². The lowest BCUT2D eigenvalue weighted by molar-refractivity contribution is -0.137. The first-order valence-corrected chi connectivity index (χ1v) is 7.79. The molecule has 3 aromatic rings. The van der Waals surface area contributed by atoms with E-state index in [1.807, 2.05) is 0 Å². The lowest BCUT2D eigenvalue weighted by Gasteiger charge is -2.13. The maximum atomic E-state index is 13.0. The van der Waals surface area contributed by atoms with Crippen LogP contribution in [0.3, 0.4) is 0 Å². The van der Waals surface area contributed by atoms with Gasteiger partial charge in [-0.2, -0.15) is 18.3 Å². The van der Waals surface area contributed by atoms with Crippen molar-refractivity contribution in [2.75, 3.05) is 7.11 Å². The van der Waals surface area contributed by atoms with Crippen molar-refractivity contribution in [1.82, 2.24) is 14.8 Å². The van der Waals surface area contributed by atoms with Crippen LogP contribution in [0.2, 0.25) is 5.02 Å². The van der Waals surface area contributed by atoms with Crippen LogP contribution in [0.25, 0.3) is 17.1 Å². The summed E-state index contributed by atoms with van der Waals surface area (Å²) in [4.78, 5) is 0. The summed E-state index contributed by atoms with van der Waals surface area (Å²) >= 11 is 11.2. The van der Waals surface area contributed by atoms with E-state index in [1.54, 1.807) is 18.2 Å². The molecule has 0 saturated heterocycles. The summed E-state index contributed by atoms with van der Waals surface area (Å²) in [5.41, 5.74) is -0.0533. The highest BCUT2D eigenvalue weighted by Gasteiger charge is 2.30. The van der Waals surface area contributed by atoms with E-state index in [2.05, 4.69) is 10.2 Å². The fourth-order valence-corrected chi connectivity index (χ4v) is 2.80. The van der Waals surface area contributed by atoms with Gasteiger partial charge >= 0.3 is 6.18 Å². The van der Waals surface area contributed by atoms with E-state index in [4.69, 9.17) is 28.6 Å². The lowest BCUT2D eigenvalue weighted by Crippen LogP contribution is -2.07. The van der Waals surface area contributed by atoms with Gasteiger partial charge in [-0.3, -0.25) is 9.67 Å². The molecule has 0 aliphatic rings. The van der Waals surface area contributed by atoms with Gasteiger partial charge in [0.05, 0.1) is 23.9 Å². The van der Waals surface area contributed by atoms with Crippen LogP contribution in [0.5, 0.6) is 5.75 Å². The Morgan fingerprint density at radius 3 is 2.64 bits per heavy atom. The van der Waals surface area contributed by atoms with Crippen molar-refractivity contribution in [3.63, 3.8) is 0 Å². The third-order valence-corrected chi connectivity index (χ3v) is 4.02. The summed E-state index contributed by atoms with van der Waals surface area (Å²) < 4.78 is 45.9. The number of H-pyrrole nitrogens is 1. The predicted molar refractivity (Wildman–Crippen MR) is 90.7 cm³/mol. The molecule has 1 heterocycles. The van der Waals surface area contributed by atoms with E-state index >= 15 is 0 Å². The quantitative estimate of drug-likeness (QED) is 0.624. The van der Waals surface area contributed by atoms with Crippen molar-refractivity contribution in [3.8, 4) is 22.8 Å². The molecule has 0 saturated carbocycles. The standard InChI is InChI=1S/C16H11ClF3N3OS/c1-24-13-6-5-10(17)8-12(13)14-21-22-15(25)23(14)11-4-2-3-9(7-11)16(18,19)20/h2-8H,1H3,(H,22,25). The van der Waals surface area contributed by atoms with Crippen molar-refractivity contribution in [2.45, 2.75) is 6.18 Å². The van der Waals surface area contributed by atoms with Gasteiger partial charge in [0.2, 0.25) is 0 Å². The molecule has 1 N–H and O–H groups in total. The molecule has 0 aliphatic carbocycles. The van der Waals surface area contributed by atoms with Gasteiger partial charge in [0, 0.05) is 5.02 Å². The Kier molecular flexibility index (Phi) is 4.57. The molecular weight excluding hydrogens is 375 g/mol. The zero-order valence-corrected chi connectivity index (χ0v) is 14.3. The molecule has 0 unspecified atom stereocenters. The van der Waals surface area contributed by atoms with Crippen LogP contribution in [0.1, 0.15) is 5.56 Å². The monoisotopic (exact) mass is 385 g/mol. The van der Waals surface area contributed by atoms with Crippen LogP contribution in [-0.4, -0.2) is 21.9 Å². The molecule has 1 aromatic heterocycles. The number of ether oxygens (including phenoxy) is 1. The number of alkyl halides is 3. The maximum Gasteiger partial charge on any atom is 0.416 e. The molecule has 130 valence electrons. The Morgan fingerprint density at radius 2 is 1.96 bits per heavy atom. The van der Waals surface area contributed by atoms with Gasteiger partial charge in [-0.05, 0) is 48.6 Å². The Labute approximate surface area is 150 Å². The minimum atomic E-state index is -4.46. The van der Waals surface area contributed by atoms with Crippen LogP contribution in [0.15, 0.2) is 42.5 Å². The number of methoxy groups -OCH3 is 1. The number of halogens is 4. The first-order chi connectivity index (χ1) is 11.8. The third kappa shape index (κ3) is 3.40. The van der Waals surface area contributed by atoms with Crippen LogP contribution < -0.4 is 4.74 Å². The van der Waals surface area contributed by atoms with Gasteiger partial charge in [0.25, 0.3) is 0 Å². The number of rotatable bonds is 3. The van der Waals surface area contributed by atoms with Crippen molar-refractivity contribution in [2.24, 2.45) is 0 Å². The van der Waals surface area contributed by atoms with Crippen LogP contribution in [-0.2, 0) is 6.18 Å². The highest BCUT2D eigenvalue weighted by atomic mass is 35.5. The molecular formula is C16H11ClF3N3OS. The van der Waals surface area contributed by atoms with Crippen molar-refractivity contribution in [1.29, 1.82) is 0 Å². The van der Waals surface area contributed by atoms with Gasteiger partial charge in [-0.25, -0.2) is 0 Å². The Balaban J connectivity index is 2.23. The van der Waals surface area contributed by atoms with Crippen LogP contribution in [0, 0.1) is 4.77 Å². The highest BCUT2D eigenvalue weighted by Crippen LogP contribution is 2.34. The number of nitrogens with zero attached hydrogens (tertiary/aromatic N) is 2. The largest absolute Gasteiger partial charge is 0.496 e. The van der Waals surface area contributed by atoms with Gasteiger partial charge in [-0.15, -0.1) is 0 Å². The number of aromatic amines is 1. The summed E-state index contributed by atoms with van der Waals surface area (Å²) in [5.74, 6) is 0.760. The summed E-state index contributed by atoms with van der Waals surface area (Å²) in [6, 6.07) is 9.72. The molecule has 2 aromatic carbocycles. The third-order valence-electron chi connectivity index (χ3n) is 3.51. The molecule has 0 radical (unpaired) electrons. The minimum absolute atomic E-state index is 0.149. The first kappa shape index (κ1) is 17.5. The van der Waals surface area contributed by atoms with E-state index in [-0.39, 0.29) is 10.5 Å². The summed E-state index contributed by atoms with van der Waals surface area (Å²) in [6.45, 7) is 0. The summed E-state index contributed by atoms with van der Waals surface area (Å²) in [5, 5.41) is 7.16. The average Bonchev–Trinajstić information content (AvgIpc) is 2.95. The second-order valence-corrected chi connectivity index (χ2v) is 5.90. The number of aromatic nitrogens is 3. The SMILES string of the molecule is COc1ccc(Cl)cc1-c1n[nH]c(=S)n1-c1cccc(C(F)(F)F)c1. The van der Waals surface area contributed by atoms with E-state index in [0.717, 1.165) is 12.1 Å². The zero-order chi connectivity index (χ0) is 18.2. The van der Waals surface area contributed by atoms with Crippen molar-refractivity contribution < 1.29 is 17.9 Å². The fourth-order valence-electron chi connectivity index (χ4n) is 2.39. The Morgan fingerprint density at radius 1 is 1.20 bits per heavy atom. The smallest absolute Gasteiger partial charge is 0.416 e. The van der Waals surface area contributed by atoms with Gasteiger partial charge < -0.3 is 4.74 Å². The fraction of sp³-hybridized carbons (Fsp3) is 0.125. The summed E-state index contributed by atoms with van der Waals surface area (Å²) in [7, 11) is 1.47. The van der Waals surface area contributed by atoms with Gasteiger partial charge in [-0.1, -0.05) is 17.7 Å². The molecule has 9 heteroatoms. The Hall–Kier alpha value is -2.32. The molecule has 3 rings (SSSR count). The predicted octanol–water partition coefficient (Wildman–Crippen LogP) is 5.28. The minimum Gasteiger partial charge on any atom is -0.496 e. The van der Waals surface area contributed by atoms with Crippen molar-refractivity contribution in [3.05, 3.63) is 57.8 Å². The van der Waals surface area contributed by atoms with E-state index < -0.39 is 11.7 Å². The molecule has 0 aliphatic heterocycles. The summed E-state index contributed by atoms with van der Waals surface area (Å²) in [6.07, 6.45) is -4.46. The van der Waals surface area contributed by atoms with E-state index in [9.17, 15) is 13.2 Å². The average molecular weight is 386 g/mol. The highest BCUT2D eigenvalue weighted by molar-refractivity contribution is 7.71. The molecule has 0 spiro atoms. The molecule has 4 nitrogen and oxygen atoms in total. The number of hydrogen-bond acceptors (Lipinski definition) is 3. The molecule has 0 amide bonds. The Bertz CT molecular complexity index is 981. The molecule has 0 atom stereocenters. The molecule has 0 fully saturated rings. The lowest BCUT2D eigenvalue weighted by atomic mass is 10.1. The number of benzene rings is 2. The zero-order valence-electron chi connectivity index (χ0n) is 12.8. The number of hydrogen-bond donors (Lipinski definition) is 1. The second kappa shape index (κ2) is 6.53. The van der Waals surface area contributed by atoms with Crippen LogP contribution in [0.4, 0.5) is 13.2 Å². The van der Waals surface area contributed by atoms with Gasteiger partial charge in [0.15, 0.2) is 10.6 Å². The maximum absolute atomic E-state index is 13.0.